The lowest BCUT2D eigenvalue weighted by molar-refractivity contribution is -0.147. The van der Waals surface area contributed by atoms with E-state index in [9.17, 15) is 4.79 Å². The number of alkyl halides is 1. The van der Waals surface area contributed by atoms with Gasteiger partial charge in [-0.25, -0.2) is 4.39 Å². The van der Waals surface area contributed by atoms with Crippen LogP contribution in [0, 0.1) is 0 Å². The summed E-state index contributed by atoms with van der Waals surface area (Å²) < 4.78 is 15.1. The molecule has 114 valence electrons. The molecule has 0 spiro atoms. The number of likely N-dealkylation sites (tertiary alicyclic amines) is 2. The van der Waals surface area contributed by atoms with Gasteiger partial charge in [-0.1, -0.05) is 0 Å². The van der Waals surface area contributed by atoms with Gasteiger partial charge in [0, 0.05) is 38.6 Å². The average Bonchev–Trinajstić information content (AvgIpc) is 3.02. The van der Waals surface area contributed by atoms with Crippen LogP contribution in [0.4, 0.5) is 4.39 Å². The van der Waals surface area contributed by atoms with Gasteiger partial charge in [0.1, 0.15) is 0 Å². The Labute approximate surface area is 125 Å². The smallest absolute Gasteiger partial charge is 0.261 e. The molecule has 1 aromatic heterocycles. The Kier molecular flexibility index (Phi) is 4.19. The number of rotatable bonds is 3. The van der Waals surface area contributed by atoms with Crippen LogP contribution in [-0.4, -0.2) is 52.5 Å². The standard InChI is InChI=1S/C16H22FN3O/c17-16(15(21)20-10-1-2-11-20)6-3-9-19(13-16)12-14-4-7-18-8-5-14/h4-5,7-8H,1-3,6,9-13H2. The van der Waals surface area contributed by atoms with E-state index in [0.717, 1.165) is 44.5 Å². The van der Waals surface area contributed by atoms with Gasteiger partial charge in [0.25, 0.3) is 5.91 Å². The minimum atomic E-state index is -1.70. The fourth-order valence-corrected chi connectivity index (χ4v) is 3.35. The maximum atomic E-state index is 15.1. The molecular weight excluding hydrogens is 269 g/mol. The summed E-state index contributed by atoms with van der Waals surface area (Å²) in [4.78, 5) is 20.2. The normalized spacial score (nSPS) is 27.0. The van der Waals surface area contributed by atoms with Crippen molar-refractivity contribution >= 4 is 5.91 Å². The third-order valence-corrected chi connectivity index (χ3v) is 4.45. The summed E-state index contributed by atoms with van der Waals surface area (Å²) in [5, 5.41) is 0. The van der Waals surface area contributed by atoms with E-state index in [1.54, 1.807) is 17.3 Å². The molecule has 1 unspecified atom stereocenters. The molecule has 2 aliphatic rings. The second-order valence-corrected chi connectivity index (χ2v) is 6.13. The maximum Gasteiger partial charge on any atom is 0.261 e. The van der Waals surface area contributed by atoms with Gasteiger partial charge in [-0.3, -0.25) is 14.7 Å². The molecule has 1 atom stereocenters. The highest BCUT2D eigenvalue weighted by Crippen LogP contribution is 2.29. The minimum Gasteiger partial charge on any atom is -0.340 e. The lowest BCUT2D eigenvalue weighted by atomic mass is 9.93. The van der Waals surface area contributed by atoms with Crippen LogP contribution in [0.2, 0.25) is 0 Å². The summed E-state index contributed by atoms with van der Waals surface area (Å²) >= 11 is 0. The molecule has 0 radical (unpaired) electrons. The van der Waals surface area contributed by atoms with Gasteiger partial charge in [-0.15, -0.1) is 0 Å². The zero-order valence-electron chi connectivity index (χ0n) is 12.3. The fraction of sp³-hybridized carbons (Fsp3) is 0.625. The van der Waals surface area contributed by atoms with Crippen molar-refractivity contribution in [3.8, 4) is 0 Å². The van der Waals surface area contributed by atoms with Gasteiger partial charge in [0.05, 0.1) is 0 Å². The Morgan fingerprint density at radius 3 is 2.62 bits per heavy atom. The van der Waals surface area contributed by atoms with Crippen LogP contribution in [0.15, 0.2) is 24.5 Å². The highest BCUT2D eigenvalue weighted by Gasteiger charge is 2.45. The first kappa shape index (κ1) is 14.4. The van der Waals surface area contributed by atoms with Crippen molar-refractivity contribution in [2.75, 3.05) is 26.2 Å². The highest BCUT2D eigenvalue weighted by molar-refractivity contribution is 5.85. The number of hydrogen-bond acceptors (Lipinski definition) is 3. The lowest BCUT2D eigenvalue weighted by Crippen LogP contribution is -2.54. The number of aromatic nitrogens is 1. The molecule has 4 nitrogen and oxygen atoms in total. The van der Waals surface area contributed by atoms with Crippen LogP contribution in [0.5, 0.6) is 0 Å². The molecule has 0 aliphatic carbocycles. The Balaban J connectivity index is 1.65. The molecular formula is C16H22FN3O. The van der Waals surface area contributed by atoms with E-state index in [-0.39, 0.29) is 12.5 Å². The third-order valence-electron chi connectivity index (χ3n) is 4.45. The topological polar surface area (TPSA) is 36.4 Å². The summed E-state index contributed by atoms with van der Waals surface area (Å²) in [6, 6.07) is 3.88. The van der Waals surface area contributed by atoms with E-state index < -0.39 is 5.67 Å². The average molecular weight is 291 g/mol. The Bertz CT molecular complexity index is 490. The van der Waals surface area contributed by atoms with Gasteiger partial charge in [0.2, 0.25) is 5.67 Å². The summed E-state index contributed by atoms with van der Waals surface area (Å²) in [6.45, 7) is 3.18. The summed E-state index contributed by atoms with van der Waals surface area (Å²) in [5.74, 6) is -0.292. The first-order valence-corrected chi connectivity index (χ1v) is 7.77. The number of carbonyl (C=O) groups is 1. The van der Waals surface area contributed by atoms with E-state index in [1.807, 2.05) is 17.0 Å². The minimum absolute atomic E-state index is 0.213. The molecule has 3 heterocycles. The summed E-state index contributed by atoms with van der Waals surface area (Å²) in [6.07, 6.45) is 6.59. The van der Waals surface area contributed by atoms with Gasteiger partial charge < -0.3 is 4.90 Å². The predicted molar refractivity (Wildman–Crippen MR) is 78.4 cm³/mol. The number of carbonyl (C=O) groups excluding carboxylic acids is 1. The van der Waals surface area contributed by atoms with Crippen molar-refractivity contribution in [2.45, 2.75) is 37.9 Å². The summed E-state index contributed by atoms with van der Waals surface area (Å²) in [5.41, 5.74) is -0.585. The van der Waals surface area contributed by atoms with Crippen LogP contribution in [0.1, 0.15) is 31.2 Å². The van der Waals surface area contributed by atoms with Crippen molar-refractivity contribution in [3.05, 3.63) is 30.1 Å². The number of piperidine rings is 1. The van der Waals surface area contributed by atoms with Crippen LogP contribution >= 0.6 is 0 Å². The molecule has 3 rings (SSSR count). The lowest BCUT2D eigenvalue weighted by Gasteiger charge is -2.38. The maximum absolute atomic E-state index is 15.1. The monoisotopic (exact) mass is 291 g/mol. The molecule has 5 heteroatoms. The number of halogens is 1. The SMILES string of the molecule is O=C(N1CCCC1)C1(F)CCCN(Cc2ccncc2)C1. The van der Waals surface area contributed by atoms with Crippen molar-refractivity contribution in [1.82, 2.24) is 14.8 Å². The molecule has 0 bridgehead atoms. The van der Waals surface area contributed by atoms with Crippen molar-refractivity contribution in [1.29, 1.82) is 0 Å². The van der Waals surface area contributed by atoms with E-state index in [2.05, 4.69) is 4.98 Å². The van der Waals surface area contributed by atoms with Gasteiger partial charge >= 0.3 is 0 Å². The highest BCUT2D eigenvalue weighted by atomic mass is 19.1. The molecule has 2 fully saturated rings. The number of hydrogen-bond donors (Lipinski definition) is 0. The van der Waals surface area contributed by atoms with Crippen LogP contribution in [0.3, 0.4) is 0 Å². The first-order chi connectivity index (χ1) is 10.2. The summed E-state index contributed by atoms with van der Waals surface area (Å²) in [7, 11) is 0. The van der Waals surface area contributed by atoms with E-state index in [0.29, 0.717) is 13.0 Å². The number of amides is 1. The zero-order valence-corrected chi connectivity index (χ0v) is 12.3. The number of pyridine rings is 1. The van der Waals surface area contributed by atoms with Crippen molar-refractivity contribution in [3.63, 3.8) is 0 Å². The predicted octanol–water partition coefficient (Wildman–Crippen LogP) is 2.01. The largest absolute Gasteiger partial charge is 0.340 e. The quantitative estimate of drug-likeness (QED) is 0.855. The molecule has 0 saturated carbocycles. The Morgan fingerprint density at radius 1 is 1.19 bits per heavy atom. The third kappa shape index (κ3) is 3.23. The second kappa shape index (κ2) is 6.10. The first-order valence-electron chi connectivity index (χ1n) is 7.77. The molecule has 1 aromatic rings. The molecule has 2 aliphatic heterocycles. The van der Waals surface area contributed by atoms with Crippen LogP contribution in [0.25, 0.3) is 0 Å². The number of nitrogens with zero attached hydrogens (tertiary/aromatic N) is 3. The zero-order chi connectivity index (χ0) is 14.7. The Hall–Kier alpha value is -1.49. The van der Waals surface area contributed by atoms with Gasteiger partial charge in [-0.05, 0) is 49.9 Å². The van der Waals surface area contributed by atoms with E-state index in [4.69, 9.17) is 0 Å². The van der Waals surface area contributed by atoms with Crippen LogP contribution in [-0.2, 0) is 11.3 Å². The van der Waals surface area contributed by atoms with Gasteiger partial charge in [0.15, 0.2) is 0 Å². The molecule has 21 heavy (non-hydrogen) atoms. The molecule has 2 saturated heterocycles. The van der Waals surface area contributed by atoms with Crippen molar-refractivity contribution in [2.24, 2.45) is 0 Å². The molecule has 0 aromatic carbocycles. The van der Waals surface area contributed by atoms with Gasteiger partial charge in [-0.2, -0.15) is 0 Å². The second-order valence-electron chi connectivity index (χ2n) is 6.13. The van der Waals surface area contributed by atoms with Crippen molar-refractivity contribution < 1.29 is 9.18 Å². The van der Waals surface area contributed by atoms with Crippen LogP contribution < -0.4 is 0 Å². The van der Waals surface area contributed by atoms with E-state index >= 15 is 4.39 Å². The fourth-order valence-electron chi connectivity index (χ4n) is 3.35. The Morgan fingerprint density at radius 2 is 1.90 bits per heavy atom. The molecule has 0 N–H and O–H groups in total. The van der Waals surface area contributed by atoms with E-state index in [1.165, 1.54) is 0 Å². The molecule has 1 amide bonds.